The molecule has 0 aromatic rings. The summed E-state index contributed by atoms with van der Waals surface area (Å²) in [6, 6.07) is 0. The predicted octanol–water partition coefficient (Wildman–Crippen LogP) is 2.82. The van der Waals surface area contributed by atoms with Crippen molar-refractivity contribution < 1.29 is 4.74 Å². The normalized spacial score (nSPS) is 33.1. The molecule has 96 valence electrons. The van der Waals surface area contributed by atoms with Crippen molar-refractivity contribution in [3.8, 4) is 11.8 Å². The Kier molecular flexibility index (Phi) is 3.80. The van der Waals surface area contributed by atoms with Crippen LogP contribution in [0.3, 0.4) is 0 Å². The first kappa shape index (κ1) is 12.9. The van der Waals surface area contributed by atoms with Gasteiger partial charge in [0.2, 0.25) is 0 Å². The van der Waals surface area contributed by atoms with Crippen molar-refractivity contribution in [3.63, 3.8) is 0 Å². The Hall–Kier alpha value is -0.520. The van der Waals surface area contributed by atoms with Crippen LogP contribution in [0.2, 0.25) is 0 Å². The van der Waals surface area contributed by atoms with Gasteiger partial charge in [0.25, 0.3) is 0 Å². The highest BCUT2D eigenvalue weighted by Gasteiger charge is 2.35. The minimum atomic E-state index is -0.221. The molecule has 0 aromatic heterocycles. The number of rotatable bonds is 1. The molecular formula is C15H25NO. The summed E-state index contributed by atoms with van der Waals surface area (Å²) in [5, 5.41) is 0. The second-order valence-electron chi connectivity index (χ2n) is 6.23. The van der Waals surface area contributed by atoms with Crippen LogP contribution in [-0.2, 0) is 4.74 Å². The van der Waals surface area contributed by atoms with Gasteiger partial charge in [0, 0.05) is 0 Å². The minimum Gasteiger partial charge on any atom is -0.357 e. The van der Waals surface area contributed by atoms with Gasteiger partial charge < -0.3 is 4.74 Å². The van der Waals surface area contributed by atoms with Gasteiger partial charge >= 0.3 is 0 Å². The largest absolute Gasteiger partial charge is 0.357 e. The fraction of sp³-hybridized carbons (Fsp3) is 0.867. The fourth-order valence-electron chi connectivity index (χ4n) is 2.93. The van der Waals surface area contributed by atoms with E-state index in [0.717, 1.165) is 19.4 Å². The quantitative estimate of drug-likeness (QED) is 0.648. The molecule has 0 bridgehead atoms. The third-order valence-electron chi connectivity index (χ3n) is 3.79. The van der Waals surface area contributed by atoms with Crippen LogP contribution in [0.4, 0.5) is 0 Å². The third-order valence-corrected chi connectivity index (χ3v) is 3.79. The number of nitrogens with zero attached hydrogens (tertiary/aromatic N) is 1. The number of hydrogen-bond donors (Lipinski definition) is 0. The molecule has 0 aliphatic carbocycles. The lowest BCUT2D eigenvalue weighted by Crippen LogP contribution is -2.42. The van der Waals surface area contributed by atoms with Gasteiger partial charge in [0.15, 0.2) is 0 Å². The summed E-state index contributed by atoms with van der Waals surface area (Å²) >= 11 is 0. The Labute approximate surface area is 106 Å². The summed E-state index contributed by atoms with van der Waals surface area (Å²) in [6.07, 6.45) is 6.12. The molecule has 0 N–H and O–H groups in total. The standard InChI is InChI=1S/C15H25NO/c1-14(2)8-6-9-15(3,17-14)10-7-13-16-11-4-5-12-16/h4-6,8-9,11-13H2,1-3H3. The van der Waals surface area contributed by atoms with Crippen molar-refractivity contribution >= 4 is 0 Å². The van der Waals surface area contributed by atoms with Crippen LogP contribution in [-0.4, -0.2) is 35.7 Å². The molecule has 0 spiro atoms. The van der Waals surface area contributed by atoms with E-state index in [1.807, 2.05) is 0 Å². The van der Waals surface area contributed by atoms with Crippen molar-refractivity contribution in [2.45, 2.75) is 64.1 Å². The molecule has 2 aliphatic rings. The van der Waals surface area contributed by atoms with Crippen molar-refractivity contribution in [2.24, 2.45) is 0 Å². The molecule has 1 unspecified atom stereocenters. The SMILES string of the molecule is CC1(C)CCCC(C)(C#CCN2CCCC2)O1. The Morgan fingerprint density at radius 2 is 1.76 bits per heavy atom. The molecule has 2 nitrogen and oxygen atoms in total. The summed E-state index contributed by atoms with van der Waals surface area (Å²) in [4.78, 5) is 2.43. The van der Waals surface area contributed by atoms with Gasteiger partial charge in [0.05, 0.1) is 12.1 Å². The van der Waals surface area contributed by atoms with Gasteiger partial charge in [-0.2, -0.15) is 0 Å². The smallest absolute Gasteiger partial charge is 0.126 e. The van der Waals surface area contributed by atoms with Gasteiger partial charge in [-0.15, -0.1) is 0 Å². The summed E-state index contributed by atoms with van der Waals surface area (Å²) in [6.45, 7) is 9.85. The average molecular weight is 235 g/mol. The zero-order valence-electron chi connectivity index (χ0n) is 11.5. The molecule has 2 heteroatoms. The summed E-state index contributed by atoms with van der Waals surface area (Å²) in [5.41, 5.74) is -0.225. The molecule has 2 heterocycles. The Morgan fingerprint density at radius 1 is 1.06 bits per heavy atom. The van der Waals surface area contributed by atoms with E-state index in [1.165, 1.54) is 32.4 Å². The van der Waals surface area contributed by atoms with Crippen LogP contribution in [0.25, 0.3) is 0 Å². The monoisotopic (exact) mass is 235 g/mol. The zero-order chi connectivity index (χ0) is 12.4. The van der Waals surface area contributed by atoms with Gasteiger partial charge in [-0.3, -0.25) is 4.90 Å². The summed E-state index contributed by atoms with van der Waals surface area (Å²) in [5.74, 6) is 6.69. The molecule has 0 radical (unpaired) electrons. The maximum atomic E-state index is 6.13. The maximum absolute atomic E-state index is 6.13. The molecule has 0 saturated carbocycles. The first-order valence-electron chi connectivity index (χ1n) is 6.92. The second-order valence-corrected chi connectivity index (χ2v) is 6.23. The van der Waals surface area contributed by atoms with Crippen LogP contribution >= 0.6 is 0 Å². The summed E-state index contributed by atoms with van der Waals surface area (Å²) < 4.78 is 6.13. The van der Waals surface area contributed by atoms with E-state index >= 15 is 0 Å². The molecule has 2 rings (SSSR count). The minimum absolute atomic E-state index is 0.00464. The lowest BCUT2D eigenvalue weighted by molar-refractivity contribution is -0.135. The predicted molar refractivity (Wildman–Crippen MR) is 70.9 cm³/mol. The second kappa shape index (κ2) is 5.00. The molecule has 17 heavy (non-hydrogen) atoms. The first-order valence-corrected chi connectivity index (χ1v) is 6.92. The van der Waals surface area contributed by atoms with Gasteiger partial charge in [0.1, 0.15) is 5.60 Å². The first-order chi connectivity index (χ1) is 7.99. The third kappa shape index (κ3) is 3.72. The van der Waals surface area contributed by atoms with E-state index in [-0.39, 0.29) is 11.2 Å². The van der Waals surface area contributed by atoms with E-state index in [4.69, 9.17) is 4.74 Å². The molecule has 2 aliphatic heterocycles. The Balaban J connectivity index is 1.89. The van der Waals surface area contributed by atoms with Gasteiger partial charge in [-0.1, -0.05) is 11.8 Å². The Morgan fingerprint density at radius 3 is 2.41 bits per heavy atom. The zero-order valence-corrected chi connectivity index (χ0v) is 11.5. The molecule has 2 saturated heterocycles. The van der Waals surface area contributed by atoms with Crippen LogP contribution in [0.15, 0.2) is 0 Å². The van der Waals surface area contributed by atoms with Crippen molar-refractivity contribution in [1.82, 2.24) is 4.90 Å². The van der Waals surface area contributed by atoms with Crippen molar-refractivity contribution in [1.29, 1.82) is 0 Å². The molecule has 0 amide bonds. The number of hydrogen-bond acceptors (Lipinski definition) is 2. The van der Waals surface area contributed by atoms with E-state index in [0.29, 0.717) is 0 Å². The highest BCUT2D eigenvalue weighted by molar-refractivity contribution is 5.15. The highest BCUT2D eigenvalue weighted by atomic mass is 16.5. The van der Waals surface area contributed by atoms with E-state index < -0.39 is 0 Å². The fourth-order valence-corrected chi connectivity index (χ4v) is 2.93. The number of ether oxygens (including phenoxy) is 1. The lowest BCUT2D eigenvalue weighted by Gasteiger charge is -2.40. The summed E-state index contributed by atoms with van der Waals surface area (Å²) in [7, 11) is 0. The van der Waals surface area contributed by atoms with Gasteiger partial charge in [-0.25, -0.2) is 0 Å². The van der Waals surface area contributed by atoms with Crippen LogP contribution in [0, 0.1) is 11.8 Å². The lowest BCUT2D eigenvalue weighted by atomic mass is 9.88. The van der Waals surface area contributed by atoms with E-state index in [1.54, 1.807) is 0 Å². The molecular weight excluding hydrogens is 210 g/mol. The van der Waals surface area contributed by atoms with Crippen molar-refractivity contribution in [2.75, 3.05) is 19.6 Å². The highest BCUT2D eigenvalue weighted by Crippen LogP contribution is 2.34. The molecule has 0 aromatic carbocycles. The van der Waals surface area contributed by atoms with E-state index in [9.17, 15) is 0 Å². The van der Waals surface area contributed by atoms with Crippen LogP contribution in [0.5, 0.6) is 0 Å². The average Bonchev–Trinajstić information content (AvgIpc) is 2.68. The van der Waals surface area contributed by atoms with Crippen LogP contribution < -0.4 is 0 Å². The number of likely N-dealkylation sites (tertiary alicyclic amines) is 1. The molecule has 1 atom stereocenters. The molecule has 2 fully saturated rings. The Bertz CT molecular complexity index is 320. The van der Waals surface area contributed by atoms with Crippen LogP contribution in [0.1, 0.15) is 52.9 Å². The topological polar surface area (TPSA) is 12.5 Å². The van der Waals surface area contributed by atoms with E-state index in [2.05, 4.69) is 37.5 Å². The van der Waals surface area contributed by atoms with Gasteiger partial charge in [-0.05, 0) is 66.0 Å². The maximum Gasteiger partial charge on any atom is 0.126 e. The van der Waals surface area contributed by atoms with Crippen molar-refractivity contribution in [3.05, 3.63) is 0 Å².